The lowest BCUT2D eigenvalue weighted by Crippen LogP contribution is -2.14. The number of oxime groups is 1. The molecule has 1 aliphatic rings. The first kappa shape index (κ1) is 25.4. The van der Waals surface area contributed by atoms with Gasteiger partial charge in [-0.2, -0.15) is 0 Å². The molecule has 0 amide bonds. The lowest BCUT2D eigenvalue weighted by Gasteiger charge is -2.25. The molecule has 1 atom stereocenters. The number of phenolic OH excluding ortho intramolecular Hbond substituents is 1. The largest absolute Gasteiger partial charge is 0.507 e. The number of rotatable bonds is 5. The zero-order valence-corrected chi connectivity index (χ0v) is 22.3. The Labute approximate surface area is 226 Å². The van der Waals surface area contributed by atoms with Gasteiger partial charge in [-0.1, -0.05) is 16.8 Å². The van der Waals surface area contributed by atoms with E-state index >= 15 is 0 Å². The van der Waals surface area contributed by atoms with E-state index in [0.717, 1.165) is 0 Å². The van der Waals surface area contributed by atoms with Crippen LogP contribution < -0.4 is 25.1 Å². The van der Waals surface area contributed by atoms with Crippen molar-refractivity contribution in [1.82, 2.24) is 0 Å². The quantitative estimate of drug-likeness (QED) is 0.0840. The van der Waals surface area contributed by atoms with Gasteiger partial charge in [0.25, 0.3) is 0 Å². The highest BCUT2D eigenvalue weighted by atomic mass is 16.5. The summed E-state index contributed by atoms with van der Waals surface area (Å²) in [5, 5.41) is 49.0. The molecular weight excluding hydrogens is 518 g/mol. The number of nitrogens with zero attached hydrogens (tertiary/aromatic N) is 1. The highest BCUT2D eigenvalue weighted by molar-refractivity contribution is 6.39. The first-order chi connectivity index (χ1) is 19.2. The summed E-state index contributed by atoms with van der Waals surface area (Å²) in [6.07, 6.45) is 1.73. The number of aromatic hydroxyl groups is 2. The number of allylic oxidation sites excluding steroid dienone is 1. The maximum Gasteiger partial charge on any atom is 0.194 e. The zero-order chi connectivity index (χ0) is 28.8. The molecule has 0 aromatic heterocycles. The fourth-order valence-electron chi connectivity index (χ4n) is 6.57. The molecule has 0 saturated carbocycles. The molecule has 0 spiro atoms. The molecule has 4 N–H and O–H groups in total. The smallest absolute Gasteiger partial charge is 0.194 e. The van der Waals surface area contributed by atoms with E-state index in [2.05, 4.69) is 5.16 Å². The molecule has 0 radical (unpaired) electrons. The van der Waals surface area contributed by atoms with E-state index in [0.29, 0.717) is 49.0 Å². The second kappa shape index (κ2) is 8.59. The Morgan fingerprint density at radius 3 is 1.88 bits per heavy atom. The van der Waals surface area contributed by atoms with Gasteiger partial charge in [-0.15, -0.1) is 0 Å². The number of fused-ring (bicyclic) bond motifs is 1. The van der Waals surface area contributed by atoms with E-state index in [9.17, 15) is 30.1 Å². The van der Waals surface area contributed by atoms with Crippen molar-refractivity contribution in [3.8, 4) is 28.7 Å². The van der Waals surface area contributed by atoms with Crippen LogP contribution in [-0.4, -0.2) is 47.6 Å². The summed E-state index contributed by atoms with van der Waals surface area (Å²) in [4.78, 5) is 27.0. The van der Waals surface area contributed by atoms with Gasteiger partial charge in [0.05, 0.1) is 50.3 Å². The molecule has 10 heteroatoms. The van der Waals surface area contributed by atoms with Crippen molar-refractivity contribution in [3.05, 3.63) is 54.8 Å². The maximum atomic E-state index is 13.5. The molecule has 0 saturated heterocycles. The van der Waals surface area contributed by atoms with E-state index in [1.807, 2.05) is 0 Å². The third kappa shape index (κ3) is 2.88. The van der Waals surface area contributed by atoms with E-state index < -0.39 is 29.1 Å². The highest BCUT2D eigenvalue weighted by Gasteiger charge is 2.36. The Balaban J connectivity index is 2.20. The van der Waals surface area contributed by atoms with Crippen LogP contribution in [0.15, 0.2) is 32.5 Å². The van der Waals surface area contributed by atoms with Gasteiger partial charge in [-0.3, -0.25) is 9.59 Å². The molecule has 0 heterocycles. The summed E-state index contributed by atoms with van der Waals surface area (Å²) in [6, 6.07) is 2.48. The average Bonchev–Trinajstić information content (AvgIpc) is 3.06. The van der Waals surface area contributed by atoms with Crippen molar-refractivity contribution >= 4 is 54.9 Å². The number of ether oxygens (including phenoxy) is 3. The number of aliphatic hydroxyl groups is 1. The van der Waals surface area contributed by atoms with Gasteiger partial charge in [-0.25, -0.2) is 0 Å². The summed E-state index contributed by atoms with van der Waals surface area (Å²) in [5.74, 6) is -1.21. The van der Waals surface area contributed by atoms with Crippen LogP contribution in [0, 0.1) is 0 Å². The van der Waals surface area contributed by atoms with Crippen LogP contribution in [0.3, 0.4) is 0 Å². The predicted octanol–water partition coefficient (Wildman–Crippen LogP) is 4.18. The van der Waals surface area contributed by atoms with Gasteiger partial charge in [-0.05, 0) is 30.2 Å². The summed E-state index contributed by atoms with van der Waals surface area (Å²) in [6.45, 7) is 2.78. The summed E-state index contributed by atoms with van der Waals surface area (Å²) >= 11 is 0. The third-order valence-corrected chi connectivity index (χ3v) is 8.09. The number of methoxy groups -OCH3 is 3. The average molecular weight is 544 g/mol. The normalized spacial score (nSPS) is 15.4. The molecule has 0 bridgehead atoms. The minimum atomic E-state index is -0.755. The minimum Gasteiger partial charge on any atom is -0.507 e. The van der Waals surface area contributed by atoms with Gasteiger partial charge in [0.2, 0.25) is 0 Å². The second-order valence-electron chi connectivity index (χ2n) is 9.91. The van der Waals surface area contributed by atoms with Crippen LogP contribution in [0.2, 0.25) is 0 Å². The SMILES string of the molecule is COc1c(O)c2c(=O)cc(OC)c3c4c(OC)cc(=O)c5c(O)c(CO)c6c(c(c1C(/C(C)=N/O)C(C)=C6)c23)c54. The first-order valence-electron chi connectivity index (χ1n) is 12.4. The van der Waals surface area contributed by atoms with E-state index in [1.165, 1.54) is 33.5 Å². The van der Waals surface area contributed by atoms with Crippen LogP contribution in [0.1, 0.15) is 36.5 Å². The van der Waals surface area contributed by atoms with Gasteiger partial charge < -0.3 is 34.7 Å². The van der Waals surface area contributed by atoms with Gasteiger partial charge >= 0.3 is 0 Å². The Morgan fingerprint density at radius 2 is 1.38 bits per heavy atom. The molecule has 0 aliphatic heterocycles. The Hall–Kier alpha value is -4.83. The van der Waals surface area contributed by atoms with Crippen molar-refractivity contribution in [1.29, 1.82) is 0 Å². The maximum absolute atomic E-state index is 13.5. The van der Waals surface area contributed by atoms with Crippen molar-refractivity contribution in [2.45, 2.75) is 26.4 Å². The fourth-order valence-corrected chi connectivity index (χ4v) is 6.57. The second-order valence-corrected chi connectivity index (χ2v) is 9.91. The Kier molecular flexibility index (Phi) is 5.46. The summed E-state index contributed by atoms with van der Waals surface area (Å²) in [7, 11) is 4.15. The van der Waals surface area contributed by atoms with Crippen LogP contribution in [0.5, 0.6) is 28.7 Å². The predicted molar refractivity (Wildman–Crippen MR) is 152 cm³/mol. The van der Waals surface area contributed by atoms with E-state index in [1.54, 1.807) is 19.9 Å². The van der Waals surface area contributed by atoms with Crippen molar-refractivity contribution < 1.29 is 34.7 Å². The Bertz CT molecular complexity index is 2100. The molecule has 5 aromatic rings. The molecule has 1 aliphatic carbocycles. The Morgan fingerprint density at radius 1 is 0.825 bits per heavy atom. The molecule has 5 aromatic carbocycles. The number of phenols is 2. The number of aliphatic hydroxyl groups excluding tert-OH is 1. The van der Waals surface area contributed by atoms with Crippen molar-refractivity contribution in [2.24, 2.45) is 5.16 Å². The monoisotopic (exact) mass is 543 g/mol. The molecule has 1 unspecified atom stereocenters. The fraction of sp³-hybridized carbons (Fsp3) is 0.233. The molecule has 204 valence electrons. The first-order valence-corrected chi connectivity index (χ1v) is 12.4. The zero-order valence-electron chi connectivity index (χ0n) is 22.3. The summed E-state index contributed by atoms with van der Waals surface area (Å²) in [5.41, 5.74) is 0.717. The lowest BCUT2D eigenvalue weighted by molar-refractivity contribution is 0.276. The van der Waals surface area contributed by atoms with Crippen LogP contribution >= 0.6 is 0 Å². The number of benzene rings is 5. The third-order valence-electron chi connectivity index (χ3n) is 8.09. The molecule has 6 rings (SSSR count). The standard InChI is InChI=1S/C30H25NO9/c1-10-6-12-13(9-32)28(35)20-14(33)7-16(38-3)22-23-17(39-4)8-15(34)21-26(23)25(19(12)24(20)22)27(18(10)11(2)31-37)30(40-5)29(21)36/h6-8,18,32,35-37H,9H2,1-5H3/b31-11+. The van der Waals surface area contributed by atoms with Crippen molar-refractivity contribution in [3.63, 3.8) is 0 Å². The number of hydrogen-bond donors (Lipinski definition) is 4. The number of hydrogen-bond acceptors (Lipinski definition) is 10. The molecule has 0 fully saturated rings. The summed E-state index contributed by atoms with van der Waals surface area (Å²) < 4.78 is 17.0. The van der Waals surface area contributed by atoms with Gasteiger partial charge in [0, 0.05) is 44.8 Å². The molecular formula is C30H25NO9. The van der Waals surface area contributed by atoms with E-state index in [4.69, 9.17) is 14.2 Å². The van der Waals surface area contributed by atoms with Crippen molar-refractivity contribution in [2.75, 3.05) is 21.3 Å². The minimum absolute atomic E-state index is 0.00946. The lowest BCUT2D eigenvalue weighted by atomic mass is 9.80. The van der Waals surface area contributed by atoms with Crippen LogP contribution in [-0.2, 0) is 6.61 Å². The topological polar surface area (TPSA) is 155 Å². The van der Waals surface area contributed by atoms with Gasteiger partial charge in [0.1, 0.15) is 17.2 Å². The van der Waals surface area contributed by atoms with E-state index in [-0.39, 0.29) is 45.0 Å². The van der Waals surface area contributed by atoms with Crippen LogP contribution in [0.25, 0.3) is 49.2 Å². The molecule has 10 nitrogen and oxygen atoms in total. The van der Waals surface area contributed by atoms with Gasteiger partial charge in [0.15, 0.2) is 22.4 Å². The molecule has 40 heavy (non-hydrogen) atoms. The van der Waals surface area contributed by atoms with Crippen LogP contribution in [0.4, 0.5) is 0 Å². The highest BCUT2D eigenvalue weighted by Crippen LogP contribution is 2.57.